The molecule has 1 N–H and O–H groups in total. The molecule has 29 heavy (non-hydrogen) atoms. The van der Waals surface area contributed by atoms with Crippen molar-refractivity contribution in [1.82, 2.24) is 20.3 Å². The van der Waals surface area contributed by atoms with Crippen molar-refractivity contribution in [2.45, 2.75) is 33.1 Å². The summed E-state index contributed by atoms with van der Waals surface area (Å²) in [7, 11) is 0. The van der Waals surface area contributed by atoms with Crippen LogP contribution >= 0.6 is 0 Å². The molecular weight excluding hydrogens is 370 g/mol. The first-order chi connectivity index (χ1) is 13.7. The summed E-state index contributed by atoms with van der Waals surface area (Å²) in [6, 6.07) is 14.2. The average molecular weight is 393 g/mol. The van der Waals surface area contributed by atoms with Gasteiger partial charge in [-0.1, -0.05) is 55.0 Å². The maximum absolute atomic E-state index is 12.7. The number of hydrogen-bond acceptors (Lipinski definition) is 5. The summed E-state index contributed by atoms with van der Waals surface area (Å²) in [4.78, 5) is 23.2. The summed E-state index contributed by atoms with van der Waals surface area (Å²) >= 11 is 0. The lowest BCUT2D eigenvalue weighted by Crippen LogP contribution is -2.37. The second-order valence-electron chi connectivity index (χ2n) is 7.65. The molecule has 8 heteroatoms. The molecule has 0 unspecified atom stereocenters. The molecule has 0 spiro atoms. The molecule has 2 aromatic carbocycles. The number of nitro groups is 1. The summed E-state index contributed by atoms with van der Waals surface area (Å²) < 4.78 is 1.42. The van der Waals surface area contributed by atoms with Crippen LogP contribution in [0.4, 0.5) is 5.69 Å². The standard InChI is InChI=1S/C21H23N5O3/c1-14-7-5-8-16(11-14)21(3,4)13-22-20(27)19-15(2)25(24-23-19)17-9-6-10-18(12-17)26(28)29/h5-12H,13H2,1-4H3,(H,22,27). The maximum atomic E-state index is 12.7. The van der Waals surface area contributed by atoms with E-state index in [2.05, 4.69) is 35.5 Å². The molecule has 0 atom stereocenters. The Bertz CT molecular complexity index is 1070. The predicted octanol–water partition coefficient (Wildman–Crippen LogP) is 3.50. The number of benzene rings is 2. The first-order valence-electron chi connectivity index (χ1n) is 9.21. The fourth-order valence-corrected chi connectivity index (χ4v) is 3.08. The quantitative estimate of drug-likeness (QED) is 0.510. The number of nitrogens with zero attached hydrogens (tertiary/aromatic N) is 4. The van der Waals surface area contributed by atoms with Gasteiger partial charge in [-0.3, -0.25) is 14.9 Å². The topological polar surface area (TPSA) is 103 Å². The number of hydrogen-bond donors (Lipinski definition) is 1. The van der Waals surface area contributed by atoms with Crippen molar-refractivity contribution in [3.63, 3.8) is 0 Å². The molecule has 1 amide bonds. The second kappa shape index (κ2) is 7.83. The SMILES string of the molecule is Cc1cccc(C(C)(C)CNC(=O)c2nnn(-c3cccc([N+](=O)[O-])c3)c2C)c1. The van der Waals surface area contributed by atoms with Gasteiger partial charge in [-0.05, 0) is 25.5 Å². The zero-order chi connectivity index (χ0) is 21.2. The molecule has 0 saturated carbocycles. The largest absolute Gasteiger partial charge is 0.350 e. The van der Waals surface area contributed by atoms with Gasteiger partial charge in [-0.15, -0.1) is 5.10 Å². The number of aromatic nitrogens is 3. The highest BCUT2D eigenvalue weighted by atomic mass is 16.6. The molecule has 0 fully saturated rings. The highest BCUT2D eigenvalue weighted by molar-refractivity contribution is 5.93. The number of non-ortho nitro benzene ring substituents is 1. The molecule has 0 saturated heterocycles. The van der Waals surface area contributed by atoms with Crippen LogP contribution in [0.3, 0.4) is 0 Å². The molecule has 3 aromatic rings. The van der Waals surface area contributed by atoms with Crippen molar-refractivity contribution >= 4 is 11.6 Å². The monoisotopic (exact) mass is 393 g/mol. The van der Waals surface area contributed by atoms with E-state index in [4.69, 9.17) is 0 Å². The molecule has 8 nitrogen and oxygen atoms in total. The Kier molecular flexibility index (Phi) is 5.45. The fourth-order valence-electron chi connectivity index (χ4n) is 3.08. The predicted molar refractivity (Wildman–Crippen MR) is 109 cm³/mol. The van der Waals surface area contributed by atoms with Gasteiger partial charge in [-0.2, -0.15) is 0 Å². The third-order valence-electron chi connectivity index (χ3n) is 4.89. The minimum absolute atomic E-state index is 0.0525. The maximum Gasteiger partial charge on any atom is 0.273 e. The highest BCUT2D eigenvalue weighted by Gasteiger charge is 2.24. The highest BCUT2D eigenvalue weighted by Crippen LogP contribution is 2.23. The van der Waals surface area contributed by atoms with E-state index in [-0.39, 0.29) is 22.7 Å². The van der Waals surface area contributed by atoms with Crippen molar-refractivity contribution in [2.24, 2.45) is 0 Å². The zero-order valence-corrected chi connectivity index (χ0v) is 16.8. The minimum atomic E-state index is -0.475. The molecule has 150 valence electrons. The van der Waals surface area contributed by atoms with Crippen LogP contribution < -0.4 is 5.32 Å². The number of amides is 1. The number of nitro benzene ring substituents is 1. The minimum Gasteiger partial charge on any atom is -0.350 e. The van der Waals surface area contributed by atoms with Crippen LogP contribution in [0.1, 0.15) is 41.2 Å². The van der Waals surface area contributed by atoms with Gasteiger partial charge in [-0.25, -0.2) is 4.68 Å². The van der Waals surface area contributed by atoms with Crippen LogP contribution in [0, 0.1) is 24.0 Å². The lowest BCUT2D eigenvalue weighted by atomic mass is 9.84. The molecule has 0 aliphatic carbocycles. The van der Waals surface area contributed by atoms with Crippen LogP contribution in [0.25, 0.3) is 5.69 Å². The van der Waals surface area contributed by atoms with Crippen molar-refractivity contribution in [2.75, 3.05) is 6.54 Å². The lowest BCUT2D eigenvalue weighted by molar-refractivity contribution is -0.384. The van der Waals surface area contributed by atoms with Crippen LogP contribution in [0.5, 0.6) is 0 Å². The summed E-state index contributed by atoms with van der Waals surface area (Å²) in [6.45, 7) is 8.30. The van der Waals surface area contributed by atoms with Gasteiger partial charge in [0.2, 0.25) is 0 Å². The first kappa shape index (κ1) is 20.2. The zero-order valence-electron chi connectivity index (χ0n) is 16.8. The Hall–Kier alpha value is -3.55. The van der Waals surface area contributed by atoms with Crippen molar-refractivity contribution in [1.29, 1.82) is 0 Å². The Balaban J connectivity index is 1.77. The number of rotatable bonds is 6. The van der Waals surface area contributed by atoms with E-state index in [9.17, 15) is 14.9 Å². The number of carbonyl (C=O) groups is 1. The van der Waals surface area contributed by atoms with Gasteiger partial charge in [0.15, 0.2) is 5.69 Å². The van der Waals surface area contributed by atoms with E-state index in [1.807, 2.05) is 25.1 Å². The molecule has 0 aliphatic heterocycles. The lowest BCUT2D eigenvalue weighted by Gasteiger charge is -2.26. The Morgan fingerprint density at radius 3 is 2.59 bits per heavy atom. The molecule has 0 aliphatic rings. The van der Waals surface area contributed by atoms with E-state index >= 15 is 0 Å². The van der Waals surface area contributed by atoms with Crippen molar-refractivity contribution < 1.29 is 9.72 Å². The average Bonchev–Trinajstić information content (AvgIpc) is 3.08. The Labute approximate surface area is 168 Å². The Morgan fingerprint density at radius 1 is 1.17 bits per heavy atom. The molecular formula is C21H23N5O3. The third-order valence-corrected chi connectivity index (χ3v) is 4.89. The van der Waals surface area contributed by atoms with Crippen molar-refractivity contribution in [3.8, 4) is 5.69 Å². The summed E-state index contributed by atoms with van der Waals surface area (Å²) in [5, 5.41) is 21.9. The van der Waals surface area contributed by atoms with Crippen LogP contribution in [-0.4, -0.2) is 32.4 Å². The van der Waals surface area contributed by atoms with E-state index in [0.717, 1.165) is 11.1 Å². The van der Waals surface area contributed by atoms with Gasteiger partial charge < -0.3 is 5.32 Å². The van der Waals surface area contributed by atoms with E-state index in [1.165, 1.54) is 16.8 Å². The molecule has 1 heterocycles. The first-order valence-corrected chi connectivity index (χ1v) is 9.21. The van der Waals surface area contributed by atoms with Crippen molar-refractivity contribution in [3.05, 3.63) is 81.2 Å². The summed E-state index contributed by atoms with van der Waals surface area (Å²) in [5.74, 6) is -0.333. The third kappa shape index (κ3) is 4.31. The molecule has 3 rings (SSSR count). The van der Waals surface area contributed by atoms with Crippen LogP contribution in [0.15, 0.2) is 48.5 Å². The molecule has 0 bridgehead atoms. The Morgan fingerprint density at radius 2 is 1.90 bits per heavy atom. The fraction of sp³-hybridized carbons (Fsp3) is 0.286. The number of nitrogens with one attached hydrogen (secondary N) is 1. The van der Waals surface area contributed by atoms with Gasteiger partial charge in [0.05, 0.1) is 16.3 Å². The normalized spacial score (nSPS) is 11.3. The second-order valence-corrected chi connectivity index (χ2v) is 7.65. The van der Waals surface area contributed by atoms with E-state index in [0.29, 0.717) is 17.9 Å². The van der Waals surface area contributed by atoms with Crippen LogP contribution in [0.2, 0.25) is 0 Å². The molecule has 0 radical (unpaired) electrons. The van der Waals surface area contributed by atoms with E-state index < -0.39 is 4.92 Å². The van der Waals surface area contributed by atoms with Gasteiger partial charge in [0, 0.05) is 24.1 Å². The summed E-state index contributed by atoms with van der Waals surface area (Å²) in [5.41, 5.74) is 3.16. The van der Waals surface area contributed by atoms with E-state index in [1.54, 1.807) is 19.1 Å². The van der Waals surface area contributed by atoms with Gasteiger partial charge in [0.25, 0.3) is 11.6 Å². The summed E-state index contributed by atoms with van der Waals surface area (Å²) in [6.07, 6.45) is 0. The molecule has 1 aromatic heterocycles. The number of aryl methyl sites for hydroxylation is 1. The van der Waals surface area contributed by atoms with Gasteiger partial charge in [0.1, 0.15) is 0 Å². The van der Waals surface area contributed by atoms with Gasteiger partial charge >= 0.3 is 0 Å². The number of carbonyl (C=O) groups excluding carboxylic acids is 1. The van der Waals surface area contributed by atoms with Crippen LogP contribution in [-0.2, 0) is 5.41 Å². The smallest absolute Gasteiger partial charge is 0.273 e.